The van der Waals surface area contributed by atoms with Crippen LogP contribution in [0.2, 0.25) is 0 Å². The summed E-state index contributed by atoms with van der Waals surface area (Å²) in [5, 5.41) is 11.5. The standard InChI is InChI=1S/C10H14N2O2S2/c1-7-5-15-3-2-12(7)10-11-8(6-16-10)4-9(13)14/h6-7H,2-5H2,1H3,(H,13,14). The normalized spacial score (nSPS) is 21.1. The van der Waals surface area contributed by atoms with Crippen LogP contribution in [0.15, 0.2) is 5.38 Å². The lowest BCUT2D eigenvalue weighted by Gasteiger charge is -2.32. The van der Waals surface area contributed by atoms with Crippen LogP contribution in [-0.4, -0.2) is 40.2 Å². The van der Waals surface area contributed by atoms with Crippen LogP contribution in [-0.2, 0) is 11.2 Å². The van der Waals surface area contributed by atoms with Crippen molar-refractivity contribution in [1.29, 1.82) is 0 Å². The molecule has 0 saturated carbocycles. The van der Waals surface area contributed by atoms with E-state index in [0.29, 0.717) is 11.7 Å². The molecule has 1 saturated heterocycles. The van der Waals surface area contributed by atoms with Gasteiger partial charge in [0.1, 0.15) is 0 Å². The molecule has 0 radical (unpaired) electrons. The zero-order valence-electron chi connectivity index (χ0n) is 9.05. The highest BCUT2D eigenvalue weighted by atomic mass is 32.2. The first-order chi connectivity index (χ1) is 7.66. The molecule has 0 aromatic carbocycles. The van der Waals surface area contributed by atoms with Gasteiger partial charge in [-0.15, -0.1) is 11.3 Å². The molecule has 2 heterocycles. The molecule has 0 amide bonds. The van der Waals surface area contributed by atoms with Gasteiger partial charge in [0.15, 0.2) is 5.13 Å². The third-order valence-electron chi connectivity index (χ3n) is 2.49. The van der Waals surface area contributed by atoms with Crippen LogP contribution in [0.5, 0.6) is 0 Å². The second-order valence-corrected chi connectivity index (χ2v) is 5.80. The number of carbonyl (C=O) groups is 1. The molecule has 0 bridgehead atoms. The van der Waals surface area contributed by atoms with E-state index in [1.807, 2.05) is 17.1 Å². The fourth-order valence-corrected chi connectivity index (χ4v) is 3.64. The van der Waals surface area contributed by atoms with E-state index in [1.54, 1.807) is 11.3 Å². The predicted octanol–water partition coefficient (Wildman–Crippen LogP) is 1.71. The van der Waals surface area contributed by atoms with E-state index in [9.17, 15) is 4.79 Å². The van der Waals surface area contributed by atoms with Gasteiger partial charge in [0.05, 0.1) is 12.1 Å². The minimum Gasteiger partial charge on any atom is -0.481 e. The number of rotatable bonds is 3. The largest absolute Gasteiger partial charge is 0.481 e. The fraction of sp³-hybridized carbons (Fsp3) is 0.600. The molecule has 88 valence electrons. The molecule has 1 aliphatic heterocycles. The van der Waals surface area contributed by atoms with Gasteiger partial charge in [-0.2, -0.15) is 11.8 Å². The number of thiazole rings is 1. The zero-order valence-corrected chi connectivity index (χ0v) is 10.7. The second kappa shape index (κ2) is 5.05. The Bertz CT molecular complexity index is 381. The molecule has 1 aliphatic rings. The van der Waals surface area contributed by atoms with Crippen molar-refractivity contribution in [2.24, 2.45) is 0 Å². The number of carboxylic acid groups (broad SMARTS) is 1. The SMILES string of the molecule is CC1CSCCN1c1nc(CC(=O)O)cs1. The van der Waals surface area contributed by atoms with E-state index >= 15 is 0 Å². The molecule has 0 spiro atoms. The number of anilines is 1. The summed E-state index contributed by atoms with van der Waals surface area (Å²) in [5.74, 6) is 1.42. The number of aliphatic carboxylic acids is 1. The van der Waals surface area contributed by atoms with Crippen LogP contribution in [0.4, 0.5) is 5.13 Å². The summed E-state index contributed by atoms with van der Waals surface area (Å²) in [5.41, 5.74) is 0.665. The number of carboxylic acids is 1. The van der Waals surface area contributed by atoms with E-state index in [1.165, 1.54) is 0 Å². The van der Waals surface area contributed by atoms with Crippen molar-refractivity contribution in [1.82, 2.24) is 4.98 Å². The van der Waals surface area contributed by atoms with E-state index in [2.05, 4.69) is 16.8 Å². The third kappa shape index (κ3) is 2.68. The van der Waals surface area contributed by atoms with E-state index in [0.717, 1.165) is 23.2 Å². The van der Waals surface area contributed by atoms with Crippen LogP contribution in [0.1, 0.15) is 12.6 Å². The van der Waals surface area contributed by atoms with Crippen LogP contribution < -0.4 is 4.90 Å². The lowest BCUT2D eigenvalue weighted by atomic mass is 10.3. The van der Waals surface area contributed by atoms with Gasteiger partial charge < -0.3 is 10.0 Å². The highest BCUT2D eigenvalue weighted by Gasteiger charge is 2.21. The van der Waals surface area contributed by atoms with Crippen LogP contribution in [0.25, 0.3) is 0 Å². The Balaban J connectivity index is 2.08. The van der Waals surface area contributed by atoms with Crippen molar-refractivity contribution in [2.75, 3.05) is 23.0 Å². The van der Waals surface area contributed by atoms with Gasteiger partial charge >= 0.3 is 5.97 Å². The van der Waals surface area contributed by atoms with Crippen molar-refractivity contribution >= 4 is 34.2 Å². The molecule has 1 aromatic heterocycles. The van der Waals surface area contributed by atoms with Crippen LogP contribution >= 0.6 is 23.1 Å². The molecule has 1 fully saturated rings. The summed E-state index contributed by atoms with van der Waals surface area (Å²) in [6, 6.07) is 0.488. The molecule has 1 unspecified atom stereocenters. The van der Waals surface area contributed by atoms with E-state index in [4.69, 9.17) is 5.11 Å². The molecule has 6 heteroatoms. The van der Waals surface area contributed by atoms with Crippen molar-refractivity contribution in [2.45, 2.75) is 19.4 Å². The van der Waals surface area contributed by atoms with Crippen molar-refractivity contribution in [3.05, 3.63) is 11.1 Å². The van der Waals surface area contributed by atoms with Gasteiger partial charge in [0.2, 0.25) is 0 Å². The van der Waals surface area contributed by atoms with Gasteiger partial charge in [0.25, 0.3) is 0 Å². The Hall–Kier alpha value is -0.750. The van der Waals surface area contributed by atoms with Gasteiger partial charge in [-0.3, -0.25) is 4.79 Å². The predicted molar refractivity (Wildman–Crippen MR) is 67.6 cm³/mol. The molecule has 2 rings (SSSR count). The highest BCUT2D eigenvalue weighted by molar-refractivity contribution is 7.99. The second-order valence-electron chi connectivity index (χ2n) is 3.81. The number of hydrogen-bond donors (Lipinski definition) is 1. The minimum atomic E-state index is -0.820. The minimum absolute atomic E-state index is 0.0213. The maximum Gasteiger partial charge on any atom is 0.309 e. The maximum absolute atomic E-state index is 10.6. The zero-order chi connectivity index (χ0) is 11.5. The number of thioether (sulfide) groups is 1. The maximum atomic E-state index is 10.6. The van der Waals surface area contributed by atoms with Gasteiger partial charge in [-0.25, -0.2) is 4.98 Å². The number of nitrogens with zero attached hydrogens (tertiary/aromatic N) is 2. The summed E-state index contributed by atoms with van der Waals surface area (Å²) in [6.07, 6.45) is 0.0213. The molecular weight excluding hydrogens is 244 g/mol. The Kier molecular flexibility index (Phi) is 3.70. The van der Waals surface area contributed by atoms with Gasteiger partial charge in [0, 0.05) is 29.5 Å². The summed E-state index contributed by atoms with van der Waals surface area (Å²) < 4.78 is 0. The summed E-state index contributed by atoms with van der Waals surface area (Å²) in [6.45, 7) is 3.19. The number of aromatic nitrogens is 1. The van der Waals surface area contributed by atoms with Gasteiger partial charge in [-0.1, -0.05) is 0 Å². The van der Waals surface area contributed by atoms with E-state index < -0.39 is 5.97 Å². The smallest absolute Gasteiger partial charge is 0.309 e. The van der Waals surface area contributed by atoms with Crippen LogP contribution in [0.3, 0.4) is 0 Å². The van der Waals surface area contributed by atoms with E-state index in [-0.39, 0.29) is 6.42 Å². The molecule has 1 atom stereocenters. The van der Waals surface area contributed by atoms with Crippen molar-refractivity contribution in [3.63, 3.8) is 0 Å². The fourth-order valence-electron chi connectivity index (χ4n) is 1.68. The molecule has 1 aromatic rings. The third-order valence-corrected chi connectivity index (χ3v) is 4.60. The summed E-state index contributed by atoms with van der Waals surface area (Å²) in [4.78, 5) is 17.2. The monoisotopic (exact) mass is 258 g/mol. The first-order valence-electron chi connectivity index (χ1n) is 5.17. The molecule has 0 aliphatic carbocycles. The topological polar surface area (TPSA) is 53.4 Å². The van der Waals surface area contributed by atoms with Crippen molar-refractivity contribution < 1.29 is 9.90 Å². The first kappa shape index (κ1) is 11.7. The summed E-state index contributed by atoms with van der Waals surface area (Å²) >= 11 is 3.50. The average Bonchev–Trinajstić information content (AvgIpc) is 2.66. The molecule has 16 heavy (non-hydrogen) atoms. The molecule has 1 N–H and O–H groups in total. The molecule has 4 nitrogen and oxygen atoms in total. The lowest BCUT2D eigenvalue weighted by molar-refractivity contribution is -0.136. The first-order valence-corrected chi connectivity index (χ1v) is 7.21. The highest BCUT2D eigenvalue weighted by Crippen LogP contribution is 2.27. The lowest BCUT2D eigenvalue weighted by Crippen LogP contribution is -2.40. The Labute approximate surface area is 103 Å². The number of hydrogen-bond acceptors (Lipinski definition) is 5. The Morgan fingerprint density at radius 2 is 2.56 bits per heavy atom. The van der Waals surface area contributed by atoms with Crippen LogP contribution in [0, 0.1) is 0 Å². The van der Waals surface area contributed by atoms with Gasteiger partial charge in [-0.05, 0) is 6.92 Å². The Morgan fingerprint density at radius 3 is 3.25 bits per heavy atom. The van der Waals surface area contributed by atoms with Crippen molar-refractivity contribution in [3.8, 4) is 0 Å². The quantitative estimate of drug-likeness (QED) is 0.894. The Morgan fingerprint density at radius 1 is 1.75 bits per heavy atom. The summed E-state index contributed by atoms with van der Waals surface area (Å²) in [7, 11) is 0. The molecular formula is C10H14N2O2S2. The average molecular weight is 258 g/mol.